The lowest BCUT2D eigenvalue weighted by atomic mass is 10.0. The van der Waals surface area contributed by atoms with Crippen molar-refractivity contribution in [3.63, 3.8) is 0 Å². The number of benzene rings is 2. The molecule has 0 spiro atoms. The number of carbonyl (C=O) groups is 1. The summed E-state index contributed by atoms with van der Waals surface area (Å²) < 4.78 is 1.13. The van der Waals surface area contributed by atoms with Gasteiger partial charge in [-0.15, -0.1) is 12.4 Å². The van der Waals surface area contributed by atoms with Crippen molar-refractivity contribution in [2.24, 2.45) is 0 Å². The van der Waals surface area contributed by atoms with Gasteiger partial charge < -0.3 is 4.90 Å². The summed E-state index contributed by atoms with van der Waals surface area (Å²) in [6.07, 6.45) is 0.995. The largest absolute Gasteiger partial charge is 0.308 e. The summed E-state index contributed by atoms with van der Waals surface area (Å²) in [5.41, 5.74) is 5.15. The fraction of sp³-hybridized carbons (Fsp3) is 0.364. The van der Waals surface area contributed by atoms with Crippen molar-refractivity contribution in [2.75, 3.05) is 32.1 Å². The molecule has 6 heteroatoms. The smallest absolute Gasteiger partial charge is 0.260 e. The van der Waals surface area contributed by atoms with Crippen molar-refractivity contribution in [1.82, 2.24) is 9.88 Å². The second-order valence-corrected chi connectivity index (χ2v) is 8.24. The van der Waals surface area contributed by atoms with Crippen LogP contribution in [0.4, 0.5) is 5.13 Å². The number of fused-ring (bicyclic) bond motifs is 1. The lowest BCUT2D eigenvalue weighted by Crippen LogP contribution is -2.37. The first-order chi connectivity index (χ1) is 12.9. The van der Waals surface area contributed by atoms with Crippen LogP contribution in [0.25, 0.3) is 10.2 Å². The zero-order valence-electron chi connectivity index (χ0n) is 17.2. The lowest BCUT2D eigenvalue weighted by Gasteiger charge is -2.22. The van der Waals surface area contributed by atoms with Gasteiger partial charge in [0.05, 0.1) is 10.2 Å². The number of anilines is 1. The van der Waals surface area contributed by atoms with Gasteiger partial charge in [0.1, 0.15) is 0 Å². The van der Waals surface area contributed by atoms with E-state index in [0.717, 1.165) is 45.0 Å². The highest BCUT2D eigenvalue weighted by Gasteiger charge is 2.22. The van der Waals surface area contributed by atoms with Crippen LogP contribution in [-0.2, 0) is 6.42 Å². The van der Waals surface area contributed by atoms with Gasteiger partial charge in [0.25, 0.3) is 5.91 Å². The standard InChI is InChI=1S/C22H27N3OS.ClH/c1-6-17-8-10-19-20(14-17)27-22(23-19)25(12-11-24(4)5)21(26)18-9-7-15(2)13-16(18)3;/h7-10,13-14H,6,11-12H2,1-5H3;1H. The molecule has 0 saturated heterocycles. The third-order valence-corrected chi connectivity index (χ3v) is 5.75. The molecular weight excluding hydrogens is 390 g/mol. The zero-order valence-corrected chi connectivity index (χ0v) is 18.8. The molecule has 0 unspecified atom stereocenters. The van der Waals surface area contributed by atoms with Crippen molar-refractivity contribution in [1.29, 1.82) is 0 Å². The Bertz CT molecular complexity index is 968. The van der Waals surface area contributed by atoms with Gasteiger partial charge >= 0.3 is 0 Å². The molecule has 1 amide bonds. The van der Waals surface area contributed by atoms with Crippen LogP contribution in [0.2, 0.25) is 0 Å². The van der Waals surface area contributed by atoms with Gasteiger partial charge in [-0.1, -0.05) is 42.0 Å². The van der Waals surface area contributed by atoms with Gasteiger partial charge in [-0.3, -0.25) is 9.69 Å². The van der Waals surface area contributed by atoms with Gasteiger partial charge in [0.15, 0.2) is 5.13 Å². The van der Waals surface area contributed by atoms with Crippen molar-refractivity contribution in [2.45, 2.75) is 27.2 Å². The number of nitrogens with zero attached hydrogens (tertiary/aromatic N) is 3. The Balaban J connectivity index is 0.00000280. The number of amides is 1. The predicted molar refractivity (Wildman–Crippen MR) is 122 cm³/mol. The Morgan fingerprint density at radius 3 is 2.46 bits per heavy atom. The predicted octanol–water partition coefficient (Wildman–Crippen LogP) is 5.11. The van der Waals surface area contributed by atoms with Crippen molar-refractivity contribution < 1.29 is 4.79 Å². The van der Waals surface area contributed by atoms with Crippen LogP contribution in [0.5, 0.6) is 0 Å². The SMILES string of the molecule is CCc1ccc2nc(N(CCN(C)C)C(=O)c3ccc(C)cc3C)sc2c1.Cl. The highest BCUT2D eigenvalue weighted by Crippen LogP contribution is 2.31. The average Bonchev–Trinajstić information content (AvgIpc) is 3.04. The fourth-order valence-electron chi connectivity index (χ4n) is 3.08. The second-order valence-electron chi connectivity index (χ2n) is 7.23. The molecule has 4 nitrogen and oxygen atoms in total. The van der Waals surface area contributed by atoms with E-state index in [-0.39, 0.29) is 18.3 Å². The van der Waals surface area contributed by atoms with E-state index >= 15 is 0 Å². The molecule has 0 radical (unpaired) electrons. The number of halogens is 1. The van der Waals surface area contributed by atoms with Crippen LogP contribution in [0.15, 0.2) is 36.4 Å². The summed E-state index contributed by atoms with van der Waals surface area (Å²) in [6.45, 7) is 7.59. The number of aromatic nitrogens is 1. The number of carbonyl (C=O) groups excluding carboxylic acids is 1. The first-order valence-electron chi connectivity index (χ1n) is 9.32. The number of hydrogen-bond acceptors (Lipinski definition) is 4. The molecule has 3 aromatic rings. The van der Waals surface area contributed by atoms with Crippen LogP contribution in [0.3, 0.4) is 0 Å². The first kappa shape index (κ1) is 22.3. The van der Waals surface area contributed by atoms with E-state index in [0.29, 0.717) is 6.54 Å². The van der Waals surface area contributed by atoms with E-state index in [2.05, 4.69) is 36.1 Å². The van der Waals surface area contributed by atoms with E-state index in [1.807, 2.05) is 45.0 Å². The second kappa shape index (κ2) is 9.50. The summed E-state index contributed by atoms with van der Waals surface area (Å²) in [5.74, 6) is 0.0177. The first-order valence-corrected chi connectivity index (χ1v) is 10.1. The quantitative estimate of drug-likeness (QED) is 0.559. The maximum absolute atomic E-state index is 13.4. The fourth-order valence-corrected chi connectivity index (χ4v) is 4.13. The molecule has 3 rings (SSSR count). The molecule has 1 aromatic heterocycles. The number of thiazole rings is 1. The van der Waals surface area contributed by atoms with E-state index in [9.17, 15) is 4.79 Å². The molecule has 150 valence electrons. The normalized spacial score (nSPS) is 10.9. The van der Waals surface area contributed by atoms with Gasteiger partial charge in [-0.25, -0.2) is 4.98 Å². The zero-order chi connectivity index (χ0) is 19.6. The molecule has 0 N–H and O–H groups in total. The van der Waals surface area contributed by atoms with Crippen LogP contribution in [0, 0.1) is 13.8 Å². The highest BCUT2D eigenvalue weighted by atomic mass is 35.5. The monoisotopic (exact) mass is 417 g/mol. The number of hydrogen-bond donors (Lipinski definition) is 0. The van der Waals surface area contributed by atoms with Crippen molar-refractivity contribution >= 4 is 45.0 Å². The van der Waals surface area contributed by atoms with Crippen LogP contribution < -0.4 is 4.90 Å². The van der Waals surface area contributed by atoms with Gasteiger partial charge in [0, 0.05) is 18.7 Å². The summed E-state index contributed by atoms with van der Waals surface area (Å²) in [4.78, 5) is 22.0. The molecule has 0 atom stereocenters. The van der Waals surface area contributed by atoms with Crippen LogP contribution >= 0.6 is 23.7 Å². The molecule has 1 heterocycles. The molecule has 2 aromatic carbocycles. The van der Waals surface area contributed by atoms with Crippen LogP contribution in [0.1, 0.15) is 34.0 Å². The molecule has 0 fully saturated rings. The Morgan fingerprint density at radius 1 is 1.07 bits per heavy atom. The van der Waals surface area contributed by atoms with E-state index < -0.39 is 0 Å². The topological polar surface area (TPSA) is 36.4 Å². The average molecular weight is 418 g/mol. The lowest BCUT2D eigenvalue weighted by molar-refractivity contribution is 0.0984. The third-order valence-electron chi connectivity index (χ3n) is 4.71. The number of rotatable bonds is 6. The minimum Gasteiger partial charge on any atom is -0.308 e. The van der Waals surface area contributed by atoms with Gasteiger partial charge in [-0.2, -0.15) is 0 Å². The molecular formula is C22H28ClN3OS. The third kappa shape index (κ3) is 4.90. The molecule has 0 aliphatic carbocycles. The number of likely N-dealkylation sites (N-methyl/N-ethyl adjacent to an activating group) is 1. The summed E-state index contributed by atoms with van der Waals surface area (Å²) in [7, 11) is 4.04. The van der Waals surface area contributed by atoms with E-state index in [1.54, 1.807) is 11.3 Å². The van der Waals surface area contributed by atoms with Crippen LogP contribution in [-0.4, -0.2) is 43.0 Å². The maximum Gasteiger partial charge on any atom is 0.260 e. The minimum absolute atomic E-state index is 0. The molecule has 0 aliphatic heterocycles. The Hall–Kier alpha value is -1.95. The Labute approximate surface area is 177 Å². The minimum atomic E-state index is 0. The molecule has 0 bridgehead atoms. The molecule has 0 aliphatic rings. The Kier molecular flexibility index (Phi) is 7.58. The number of aryl methyl sites for hydroxylation is 3. The van der Waals surface area contributed by atoms with E-state index in [1.165, 1.54) is 5.56 Å². The maximum atomic E-state index is 13.4. The summed E-state index contributed by atoms with van der Waals surface area (Å²) >= 11 is 1.59. The highest BCUT2D eigenvalue weighted by molar-refractivity contribution is 7.22. The summed E-state index contributed by atoms with van der Waals surface area (Å²) in [6, 6.07) is 12.3. The molecule has 28 heavy (non-hydrogen) atoms. The van der Waals surface area contributed by atoms with Crippen molar-refractivity contribution in [3.8, 4) is 0 Å². The van der Waals surface area contributed by atoms with Gasteiger partial charge in [-0.05, 0) is 63.7 Å². The molecule has 0 saturated carbocycles. The van der Waals surface area contributed by atoms with E-state index in [4.69, 9.17) is 4.98 Å². The van der Waals surface area contributed by atoms with Crippen molar-refractivity contribution in [3.05, 3.63) is 58.7 Å². The summed E-state index contributed by atoms with van der Waals surface area (Å²) in [5, 5.41) is 0.769. The van der Waals surface area contributed by atoms with Gasteiger partial charge in [0.2, 0.25) is 0 Å². The Morgan fingerprint density at radius 2 is 1.82 bits per heavy atom.